The number of anilines is 1. The number of nitrogens with one attached hydrogen (secondary N) is 1. The molecule has 5 N–H and O–H groups in total. The van der Waals surface area contributed by atoms with Gasteiger partial charge in [0.05, 0.1) is 5.69 Å². The average molecular weight is 340 g/mol. The number of likely N-dealkylation sites (N-methyl/N-ethyl adjacent to an activating group) is 1. The van der Waals surface area contributed by atoms with E-state index in [1.165, 1.54) is 12.4 Å². The minimum atomic E-state index is -0.225. The lowest BCUT2D eigenvalue weighted by Crippen LogP contribution is -2.31. The highest BCUT2D eigenvalue weighted by Crippen LogP contribution is 2.13. The van der Waals surface area contributed by atoms with E-state index in [2.05, 4.69) is 5.32 Å². The number of amides is 1. The minimum absolute atomic E-state index is 0.225. The highest BCUT2D eigenvalue weighted by atomic mass is 16.5. The van der Waals surface area contributed by atoms with E-state index in [0.717, 1.165) is 17.5 Å². The van der Waals surface area contributed by atoms with Gasteiger partial charge in [0.25, 0.3) is 5.91 Å². The number of carbonyl (C=O) groups is 1. The molecular formula is C19H24N4O2. The zero-order valence-corrected chi connectivity index (χ0v) is 14.5. The van der Waals surface area contributed by atoms with Gasteiger partial charge in [-0.05, 0) is 44.4 Å². The van der Waals surface area contributed by atoms with E-state index in [1.807, 2.05) is 31.1 Å². The summed E-state index contributed by atoms with van der Waals surface area (Å²) >= 11 is 0. The Balaban J connectivity index is 2.09. The van der Waals surface area contributed by atoms with Crippen molar-refractivity contribution in [2.45, 2.75) is 0 Å². The second-order valence-corrected chi connectivity index (χ2v) is 5.77. The van der Waals surface area contributed by atoms with E-state index in [9.17, 15) is 4.79 Å². The molecule has 0 radical (unpaired) electrons. The smallest absolute Gasteiger partial charge is 0.255 e. The number of ether oxygens (including phenoxy) is 1. The molecule has 0 saturated carbocycles. The first-order valence-corrected chi connectivity index (χ1v) is 7.97. The summed E-state index contributed by atoms with van der Waals surface area (Å²) in [5.41, 5.74) is 12.4. The van der Waals surface area contributed by atoms with Crippen molar-refractivity contribution >= 4 is 24.0 Å². The quantitative estimate of drug-likeness (QED) is 0.702. The predicted molar refractivity (Wildman–Crippen MR) is 101 cm³/mol. The number of nitrogens with two attached hydrogens (primary N) is 2. The fourth-order valence-electron chi connectivity index (χ4n) is 2.27. The molecule has 0 saturated heterocycles. The third-order valence-electron chi connectivity index (χ3n) is 3.66. The second-order valence-electron chi connectivity index (χ2n) is 5.77. The highest BCUT2D eigenvalue weighted by Gasteiger charge is 2.07. The number of nitrogens with zero attached hydrogens (tertiary/aromatic N) is 1. The maximum absolute atomic E-state index is 12.4. The Morgan fingerprint density at radius 3 is 2.44 bits per heavy atom. The first-order valence-electron chi connectivity index (χ1n) is 7.97. The van der Waals surface area contributed by atoms with Crippen molar-refractivity contribution in [3.8, 4) is 5.75 Å². The minimum Gasteiger partial charge on any atom is -0.492 e. The predicted octanol–water partition coefficient (Wildman–Crippen LogP) is 0.273. The Morgan fingerprint density at radius 1 is 1.12 bits per heavy atom. The van der Waals surface area contributed by atoms with Crippen molar-refractivity contribution in [1.82, 2.24) is 4.90 Å². The summed E-state index contributed by atoms with van der Waals surface area (Å²) < 4.78 is 5.62. The summed E-state index contributed by atoms with van der Waals surface area (Å²) in [4.78, 5) is 14.5. The third-order valence-corrected chi connectivity index (χ3v) is 3.66. The third kappa shape index (κ3) is 4.99. The zero-order chi connectivity index (χ0) is 18.2. The Hall–Kier alpha value is -2.99. The molecular weight excluding hydrogens is 316 g/mol. The van der Waals surface area contributed by atoms with Crippen LogP contribution >= 0.6 is 0 Å². The molecule has 1 amide bonds. The lowest BCUT2D eigenvalue weighted by Gasteiger charge is -2.11. The van der Waals surface area contributed by atoms with E-state index in [0.29, 0.717) is 23.1 Å². The van der Waals surface area contributed by atoms with Gasteiger partial charge >= 0.3 is 0 Å². The summed E-state index contributed by atoms with van der Waals surface area (Å²) in [5.74, 6) is 0.506. The molecule has 0 fully saturated rings. The van der Waals surface area contributed by atoms with Gasteiger partial charge in [0.15, 0.2) is 0 Å². The van der Waals surface area contributed by atoms with Crippen molar-refractivity contribution in [3.63, 3.8) is 0 Å². The molecule has 6 heteroatoms. The maximum atomic E-state index is 12.4. The molecule has 0 aliphatic rings. The van der Waals surface area contributed by atoms with Crippen molar-refractivity contribution in [2.75, 3.05) is 32.6 Å². The second kappa shape index (κ2) is 8.75. The molecule has 0 atom stereocenters. The molecule has 132 valence electrons. The molecule has 0 aliphatic heterocycles. The van der Waals surface area contributed by atoms with Gasteiger partial charge in [-0.3, -0.25) is 4.79 Å². The van der Waals surface area contributed by atoms with Crippen LogP contribution in [0, 0.1) is 0 Å². The maximum Gasteiger partial charge on any atom is 0.255 e. The van der Waals surface area contributed by atoms with Crippen LogP contribution in [0.3, 0.4) is 0 Å². The van der Waals surface area contributed by atoms with E-state index >= 15 is 0 Å². The molecule has 0 aromatic heterocycles. The van der Waals surface area contributed by atoms with Crippen LogP contribution < -0.4 is 32.0 Å². The number of hydrogen-bond acceptors (Lipinski definition) is 5. The molecule has 0 unspecified atom stereocenters. The number of hydrogen-bond donors (Lipinski definition) is 3. The monoisotopic (exact) mass is 340 g/mol. The van der Waals surface area contributed by atoms with Crippen LogP contribution in [0.4, 0.5) is 5.69 Å². The zero-order valence-electron chi connectivity index (χ0n) is 14.5. The van der Waals surface area contributed by atoms with Crippen molar-refractivity contribution < 1.29 is 9.53 Å². The van der Waals surface area contributed by atoms with Crippen LogP contribution in [0.15, 0.2) is 42.5 Å². The fourth-order valence-corrected chi connectivity index (χ4v) is 2.27. The van der Waals surface area contributed by atoms with Crippen LogP contribution in [-0.4, -0.2) is 38.1 Å². The summed E-state index contributed by atoms with van der Waals surface area (Å²) in [7, 11) is 3.97. The van der Waals surface area contributed by atoms with Gasteiger partial charge in [-0.25, -0.2) is 0 Å². The summed E-state index contributed by atoms with van der Waals surface area (Å²) in [6, 6.07) is 12.4. The van der Waals surface area contributed by atoms with Crippen LogP contribution in [-0.2, 0) is 0 Å². The van der Waals surface area contributed by atoms with Gasteiger partial charge < -0.3 is 26.4 Å². The van der Waals surface area contributed by atoms with E-state index in [1.54, 1.807) is 30.3 Å². The van der Waals surface area contributed by atoms with Gasteiger partial charge in [-0.2, -0.15) is 0 Å². The van der Waals surface area contributed by atoms with Crippen LogP contribution in [0.25, 0.3) is 12.4 Å². The van der Waals surface area contributed by atoms with E-state index < -0.39 is 0 Å². The number of benzene rings is 2. The van der Waals surface area contributed by atoms with Crippen LogP contribution in [0.5, 0.6) is 5.75 Å². The van der Waals surface area contributed by atoms with Gasteiger partial charge in [0, 0.05) is 34.9 Å². The first-order chi connectivity index (χ1) is 12.0. The SMILES string of the molecule is CN(C)CCOc1ccc(C(=O)Nc2cccc(=C/N)/c2=C\N)cc1. The van der Waals surface area contributed by atoms with Gasteiger partial charge in [0.2, 0.25) is 0 Å². The van der Waals surface area contributed by atoms with E-state index in [-0.39, 0.29) is 5.91 Å². The molecule has 25 heavy (non-hydrogen) atoms. The molecule has 6 nitrogen and oxygen atoms in total. The Labute approximate surface area is 147 Å². The lowest BCUT2D eigenvalue weighted by atomic mass is 10.1. The lowest BCUT2D eigenvalue weighted by molar-refractivity contribution is 0.102. The van der Waals surface area contributed by atoms with Gasteiger partial charge in [0.1, 0.15) is 12.4 Å². The molecule has 0 aliphatic carbocycles. The van der Waals surface area contributed by atoms with Crippen LogP contribution in [0.2, 0.25) is 0 Å². The fraction of sp³-hybridized carbons (Fsp3) is 0.211. The van der Waals surface area contributed by atoms with Crippen molar-refractivity contribution in [2.24, 2.45) is 11.5 Å². The van der Waals surface area contributed by atoms with Crippen molar-refractivity contribution in [1.29, 1.82) is 0 Å². The Kier molecular flexibility index (Phi) is 6.42. The molecule has 0 bridgehead atoms. The van der Waals surface area contributed by atoms with E-state index in [4.69, 9.17) is 16.2 Å². The first kappa shape index (κ1) is 18.4. The summed E-state index contributed by atoms with van der Waals surface area (Å²) in [5, 5.41) is 4.29. The van der Waals surface area contributed by atoms with Crippen LogP contribution in [0.1, 0.15) is 10.4 Å². The molecule has 2 rings (SSSR count). The summed E-state index contributed by atoms with van der Waals surface area (Å²) in [6.07, 6.45) is 2.88. The number of rotatable bonds is 6. The number of carbonyl (C=O) groups excluding carboxylic acids is 1. The Morgan fingerprint density at radius 2 is 1.84 bits per heavy atom. The molecule has 2 aromatic carbocycles. The average Bonchev–Trinajstić information content (AvgIpc) is 2.61. The largest absolute Gasteiger partial charge is 0.492 e. The normalized spacial score (nSPS) is 12.4. The topological polar surface area (TPSA) is 93.6 Å². The van der Waals surface area contributed by atoms with Gasteiger partial charge in [-0.15, -0.1) is 0 Å². The standard InChI is InChI=1S/C19H24N4O2/c1-23(2)10-11-25-16-8-6-14(7-9-16)19(24)22-18-5-3-4-15(12-20)17(18)13-21/h3-9,12-13H,10-11,20-21H2,1-2H3,(H,22,24)/b15-12-,17-13+. The molecule has 0 spiro atoms. The Bertz CT molecular complexity index is 829. The molecule has 2 aromatic rings. The summed E-state index contributed by atoms with van der Waals surface area (Å²) in [6.45, 7) is 1.42. The molecule has 0 heterocycles. The highest BCUT2D eigenvalue weighted by molar-refractivity contribution is 6.04. The van der Waals surface area contributed by atoms with Crippen molar-refractivity contribution in [3.05, 3.63) is 58.5 Å². The van der Waals surface area contributed by atoms with Gasteiger partial charge in [-0.1, -0.05) is 12.1 Å².